The maximum absolute atomic E-state index is 13.1. The van der Waals surface area contributed by atoms with Gasteiger partial charge in [0, 0.05) is 28.7 Å². The zero-order chi connectivity index (χ0) is 22.8. The molecule has 162 valence electrons. The van der Waals surface area contributed by atoms with Crippen molar-refractivity contribution in [1.82, 2.24) is 14.7 Å². The normalized spacial score (nSPS) is 10.8. The summed E-state index contributed by atoms with van der Waals surface area (Å²) in [5, 5.41) is 13.7. The number of carboxylic acids is 1. The van der Waals surface area contributed by atoms with Crippen LogP contribution in [0.3, 0.4) is 0 Å². The number of aromatic nitrogens is 2. The lowest BCUT2D eigenvalue weighted by Crippen LogP contribution is -2.29. The van der Waals surface area contributed by atoms with E-state index < -0.39 is 18.4 Å². The van der Waals surface area contributed by atoms with Crippen LogP contribution in [0.4, 0.5) is 10.1 Å². The fraction of sp³-hybridized carbons (Fsp3) is 0.0909. The van der Waals surface area contributed by atoms with Gasteiger partial charge in [0.05, 0.1) is 5.69 Å². The molecule has 32 heavy (non-hydrogen) atoms. The van der Waals surface area contributed by atoms with Crippen molar-refractivity contribution in [1.29, 1.82) is 0 Å². The fourth-order valence-corrected chi connectivity index (χ4v) is 4.08. The van der Waals surface area contributed by atoms with E-state index in [0.717, 1.165) is 5.56 Å². The van der Waals surface area contributed by atoms with Crippen molar-refractivity contribution in [2.45, 2.75) is 6.92 Å². The Hall–Kier alpha value is -4.05. The van der Waals surface area contributed by atoms with Crippen molar-refractivity contribution in [2.75, 3.05) is 11.9 Å². The van der Waals surface area contributed by atoms with Gasteiger partial charge in [-0.1, -0.05) is 11.3 Å². The zero-order valence-corrected chi connectivity index (χ0v) is 17.6. The highest BCUT2D eigenvalue weighted by Gasteiger charge is 2.18. The first-order valence-corrected chi connectivity index (χ1v) is 10.3. The summed E-state index contributed by atoms with van der Waals surface area (Å²) in [6, 6.07) is 12.2. The first-order valence-electron chi connectivity index (χ1n) is 9.47. The van der Waals surface area contributed by atoms with Gasteiger partial charge in [0.15, 0.2) is 4.96 Å². The second-order valence-electron chi connectivity index (χ2n) is 6.91. The minimum Gasteiger partial charge on any atom is -0.480 e. The monoisotopic (exact) mass is 452 g/mol. The Bertz CT molecular complexity index is 1330. The van der Waals surface area contributed by atoms with Gasteiger partial charge in [-0.15, -0.1) is 0 Å². The molecule has 8 nitrogen and oxygen atoms in total. The second kappa shape index (κ2) is 8.60. The number of imidazole rings is 1. The average Bonchev–Trinajstić information content (AvgIpc) is 3.32. The minimum absolute atomic E-state index is 0.281. The van der Waals surface area contributed by atoms with E-state index in [2.05, 4.69) is 15.6 Å². The van der Waals surface area contributed by atoms with Crippen LogP contribution in [0, 0.1) is 12.7 Å². The van der Waals surface area contributed by atoms with Crippen LogP contribution in [-0.2, 0) is 4.79 Å². The van der Waals surface area contributed by atoms with Crippen molar-refractivity contribution in [3.63, 3.8) is 0 Å². The molecule has 0 fully saturated rings. The summed E-state index contributed by atoms with van der Waals surface area (Å²) in [6.45, 7) is 1.34. The lowest BCUT2D eigenvalue weighted by atomic mass is 10.2. The number of anilines is 1. The number of aryl methyl sites for hydroxylation is 1. The Morgan fingerprint density at radius 2 is 1.75 bits per heavy atom. The van der Waals surface area contributed by atoms with E-state index in [0.29, 0.717) is 26.9 Å². The quantitative estimate of drug-likeness (QED) is 0.414. The smallest absolute Gasteiger partial charge is 0.322 e. The number of nitrogens with zero attached hydrogens (tertiary/aromatic N) is 2. The lowest BCUT2D eigenvalue weighted by Gasteiger charge is -2.06. The maximum atomic E-state index is 13.1. The first kappa shape index (κ1) is 21.2. The molecule has 4 aromatic rings. The highest BCUT2D eigenvalue weighted by atomic mass is 32.1. The zero-order valence-electron chi connectivity index (χ0n) is 16.8. The lowest BCUT2D eigenvalue weighted by molar-refractivity contribution is -0.135. The first-order chi connectivity index (χ1) is 15.3. The summed E-state index contributed by atoms with van der Waals surface area (Å²) in [5.41, 5.74) is 2.95. The van der Waals surface area contributed by atoms with Crippen molar-refractivity contribution in [2.24, 2.45) is 0 Å². The number of aliphatic carboxylic acids is 1. The van der Waals surface area contributed by atoms with Gasteiger partial charge in [0.1, 0.15) is 17.2 Å². The van der Waals surface area contributed by atoms with Gasteiger partial charge in [0.25, 0.3) is 11.8 Å². The Morgan fingerprint density at radius 1 is 1.06 bits per heavy atom. The summed E-state index contributed by atoms with van der Waals surface area (Å²) in [4.78, 5) is 40.8. The topological polar surface area (TPSA) is 113 Å². The number of carbonyl (C=O) groups excluding carboxylic acids is 2. The molecule has 4 rings (SSSR count). The minimum atomic E-state index is -1.13. The van der Waals surface area contributed by atoms with Crippen LogP contribution in [0.15, 0.2) is 54.7 Å². The van der Waals surface area contributed by atoms with Gasteiger partial charge >= 0.3 is 5.97 Å². The third-order valence-corrected chi connectivity index (χ3v) is 5.86. The standard InChI is InChI=1S/C22H17FN4O4S/c1-12-19(32-22-26-17(11-27(12)22)13-2-6-15(23)7-3-13)21(31)25-16-8-4-14(5-9-16)20(30)24-10-18(28)29/h2-9,11H,10H2,1H3,(H,24,30)(H,25,31)(H,28,29). The molecule has 0 spiro atoms. The van der Waals surface area contributed by atoms with Crippen molar-refractivity contribution in [3.8, 4) is 11.3 Å². The molecule has 0 saturated heterocycles. The van der Waals surface area contributed by atoms with E-state index in [9.17, 15) is 18.8 Å². The molecule has 3 N–H and O–H groups in total. The largest absolute Gasteiger partial charge is 0.480 e. The fourth-order valence-electron chi connectivity index (χ4n) is 3.07. The van der Waals surface area contributed by atoms with Gasteiger partial charge in [-0.25, -0.2) is 9.37 Å². The number of hydrogen-bond acceptors (Lipinski definition) is 5. The predicted octanol–water partition coefficient (Wildman–Crippen LogP) is 3.58. The number of carboxylic acid groups (broad SMARTS) is 1. The van der Waals surface area contributed by atoms with Crippen LogP contribution in [-0.4, -0.2) is 38.8 Å². The average molecular weight is 452 g/mol. The summed E-state index contributed by atoms with van der Waals surface area (Å²) < 4.78 is 15.0. The SMILES string of the molecule is Cc1c(C(=O)Nc2ccc(C(=O)NCC(=O)O)cc2)sc2nc(-c3ccc(F)cc3)cn12. The van der Waals surface area contributed by atoms with E-state index in [1.54, 1.807) is 30.5 Å². The van der Waals surface area contributed by atoms with Crippen molar-refractivity contribution in [3.05, 3.63) is 76.7 Å². The van der Waals surface area contributed by atoms with Gasteiger partial charge in [0.2, 0.25) is 0 Å². The molecule has 2 aromatic heterocycles. The Labute approximate surface area is 185 Å². The summed E-state index contributed by atoms with van der Waals surface area (Å²) in [7, 11) is 0. The number of benzene rings is 2. The van der Waals surface area contributed by atoms with Crippen LogP contribution in [0.1, 0.15) is 25.7 Å². The van der Waals surface area contributed by atoms with Crippen LogP contribution < -0.4 is 10.6 Å². The van der Waals surface area contributed by atoms with E-state index in [1.807, 2.05) is 11.3 Å². The van der Waals surface area contributed by atoms with Crippen LogP contribution in [0.5, 0.6) is 0 Å². The molecule has 10 heteroatoms. The molecule has 0 radical (unpaired) electrons. The molecule has 0 aliphatic heterocycles. The van der Waals surface area contributed by atoms with Crippen molar-refractivity contribution >= 4 is 39.8 Å². The second-order valence-corrected chi connectivity index (χ2v) is 7.89. The third-order valence-electron chi connectivity index (χ3n) is 4.71. The molecule has 0 bridgehead atoms. The van der Waals surface area contributed by atoms with Gasteiger partial charge < -0.3 is 15.7 Å². The Balaban J connectivity index is 1.48. The van der Waals surface area contributed by atoms with Crippen LogP contribution in [0.2, 0.25) is 0 Å². The number of hydrogen-bond donors (Lipinski definition) is 3. The van der Waals surface area contributed by atoms with Gasteiger partial charge in [-0.3, -0.25) is 18.8 Å². The molecule has 2 aromatic carbocycles. The van der Waals surface area contributed by atoms with E-state index in [1.165, 1.54) is 35.6 Å². The number of nitrogens with one attached hydrogen (secondary N) is 2. The van der Waals surface area contributed by atoms with Gasteiger partial charge in [-0.05, 0) is 55.5 Å². The van der Waals surface area contributed by atoms with Crippen molar-refractivity contribution < 1.29 is 23.9 Å². The Morgan fingerprint density at radius 3 is 2.38 bits per heavy atom. The van der Waals surface area contributed by atoms with Gasteiger partial charge in [-0.2, -0.15) is 0 Å². The maximum Gasteiger partial charge on any atom is 0.322 e. The summed E-state index contributed by atoms with van der Waals surface area (Å²) >= 11 is 1.23. The predicted molar refractivity (Wildman–Crippen MR) is 118 cm³/mol. The summed E-state index contributed by atoms with van der Waals surface area (Å²) in [6.07, 6.45) is 1.80. The molecule has 0 saturated carbocycles. The van der Waals surface area contributed by atoms with E-state index >= 15 is 0 Å². The summed E-state index contributed by atoms with van der Waals surface area (Å²) in [5.74, 6) is -2.29. The molecular formula is C22H17FN4O4S. The number of amides is 2. The number of thiazole rings is 1. The van der Waals surface area contributed by atoms with E-state index in [-0.39, 0.29) is 17.3 Å². The number of carbonyl (C=O) groups is 3. The molecule has 0 aliphatic carbocycles. The van der Waals surface area contributed by atoms with E-state index in [4.69, 9.17) is 5.11 Å². The molecule has 2 amide bonds. The molecule has 0 unspecified atom stereocenters. The number of rotatable bonds is 6. The number of fused-ring (bicyclic) bond motifs is 1. The molecule has 2 heterocycles. The molecule has 0 aliphatic rings. The highest BCUT2D eigenvalue weighted by Crippen LogP contribution is 2.28. The highest BCUT2D eigenvalue weighted by molar-refractivity contribution is 7.19. The van der Waals surface area contributed by atoms with Crippen LogP contribution >= 0.6 is 11.3 Å². The number of halogens is 1. The molecule has 0 atom stereocenters. The van der Waals surface area contributed by atoms with Crippen LogP contribution in [0.25, 0.3) is 16.2 Å². The third kappa shape index (κ3) is 4.35. The Kier molecular flexibility index (Phi) is 5.69. The molecular weight excluding hydrogens is 435 g/mol.